The number of anilines is 1. The van der Waals surface area contributed by atoms with Crippen molar-refractivity contribution in [1.29, 1.82) is 0 Å². The number of rotatable bonds is 4. The standard InChI is InChI=1S/C11H15BrN2O4S/c12-9-7-10(13-1-4-18-5-2-13)11(15)14(8-9)3-6-19(16)17/h7-8H,1-6H2,(H,16,17)/p-1. The van der Waals surface area contributed by atoms with Crippen molar-refractivity contribution in [3.63, 3.8) is 0 Å². The second-order valence-electron chi connectivity index (χ2n) is 4.15. The van der Waals surface area contributed by atoms with E-state index in [4.69, 9.17) is 4.74 Å². The zero-order valence-electron chi connectivity index (χ0n) is 10.2. The van der Waals surface area contributed by atoms with E-state index in [-0.39, 0.29) is 17.9 Å². The van der Waals surface area contributed by atoms with Crippen LogP contribution < -0.4 is 10.5 Å². The van der Waals surface area contributed by atoms with Gasteiger partial charge in [-0.25, -0.2) is 0 Å². The lowest BCUT2D eigenvalue weighted by molar-refractivity contribution is 0.122. The molecule has 0 N–H and O–H groups in total. The van der Waals surface area contributed by atoms with Gasteiger partial charge in [-0.3, -0.25) is 9.00 Å². The van der Waals surface area contributed by atoms with Crippen LogP contribution in [0.15, 0.2) is 21.5 Å². The molecule has 1 saturated heterocycles. The summed E-state index contributed by atoms with van der Waals surface area (Å²) in [5, 5.41) is 0. The summed E-state index contributed by atoms with van der Waals surface area (Å²) in [5.41, 5.74) is 0.407. The zero-order valence-corrected chi connectivity index (χ0v) is 12.6. The fourth-order valence-corrected chi connectivity index (χ4v) is 2.76. The molecule has 106 valence electrons. The summed E-state index contributed by atoms with van der Waals surface area (Å²) in [4.78, 5) is 14.3. The number of hydrogen-bond acceptors (Lipinski definition) is 5. The molecule has 6 nitrogen and oxygen atoms in total. The molecule has 0 aromatic carbocycles. The normalized spacial score (nSPS) is 17.5. The van der Waals surface area contributed by atoms with E-state index in [2.05, 4.69) is 15.9 Å². The molecule has 1 atom stereocenters. The molecule has 0 spiro atoms. The van der Waals surface area contributed by atoms with Crippen molar-refractivity contribution in [1.82, 2.24) is 4.57 Å². The smallest absolute Gasteiger partial charge is 0.274 e. The van der Waals surface area contributed by atoms with Crippen LogP contribution in [0.3, 0.4) is 0 Å². The van der Waals surface area contributed by atoms with Crippen LogP contribution in [0.4, 0.5) is 5.69 Å². The predicted molar refractivity (Wildman–Crippen MR) is 75.2 cm³/mol. The van der Waals surface area contributed by atoms with Crippen molar-refractivity contribution in [3.8, 4) is 0 Å². The van der Waals surface area contributed by atoms with Crippen molar-refractivity contribution in [2.45, 2.75) is 6.54 Å². The number of nitrogens with zero attached hydrogens (tertiary/aromatic N) is 2. The maximum Gasteiger partial charge on any atom is 0.274 e. The third-order valence-electron chi connectivity index (χ3n) is 2.88. The van der Waals surface area contributed by atoms with Crippen LogP contribution in [0.1, 0.15) is 0 Å². The molecular formula is C11H14BrN2O4S-. The summed E-state index contributed by atoms with van der Waals surface area (Å²) >= 11 is 1.20. The Bertz CT molecular complexity index is 528. The predicted octanol–water partition coefficient (Wildman–Crippen LogP) is 0.326. The van der Waals surface area contributed by atoms with Gasteiger partial charge in [-0.05, 0) is 22.0 Å². The first-order valence-corrected chi connectivity index (χ1v) is 7.90. The van der Waals surface area contributed by atoms with Gasteiger partial charge in [0.05, 0.1) is 13.2 Å². The average molecular weight is 350 g/mol. The highest BCUT2D eigenvalue weighted by Gasteiger charge is 2.16. The van der Waals surface area contributed by atoms with E-state index >= 15 is 0 Å². The second-order valence-corrected chi connectivity index (χ2v) is 6.08. The molecule has 19 heavy (non-hydrogen) atoms. The highest BCUT2D eigenvalue weighted by atomic mass is 79.9. The monoisotopic (exact) mass is 349 g/mol. The Labute approximate surface area is 121 Å². The Morgan fingerprint density at radius 3 is 2.74 bits per heavy atom. The number of pyridine rings is 1. The molecule has 1 aliphatic rings. The molecule has 0 amide bonds. The highest BCUT2D eigenvalue weighted by Crippen LogP contribution is 2.17. The van der Waals surface area contributed by atoms with E-state index in [0.717, 1.165) is 4.47 Å². The average Bonchev–Trinajstić information content (AvgIpc) is 2.40. The first kappa shape index (κ1) is 14.7. The maximum absolute atomic E-state index is 12.3. The Kier molecular flexibility index (Phi) is 5.14. The molecule has 0 radical (unpaired) electrons. The number of aromatic nitrogens is 1. The van der Waals surface area contributed by atoms with Crippen LogP contribution in [-0.4, -0.2) is 45.4 Å². The Hall–Kier alpha value is -0.700. The second kappa shape index (κ2) is 6.65. The van der Waals surface area contributed by atoms with E-state index in [0.29, 0.717) is 32.0 Å². The van der Waals surface area contributed by atoms with E-state index < -0.39 is 11.1 Å². The summed E-state index contributed by atoms with van der Waals surface area (Å²) in [6, 6.07) is 1.76. The van der Waals surface area contributed by atoms with E-state index in [1.54, 1.807) is 12.3 Å². The van der Waals surface area contributed by atoms with Gasteiger partial charge in [-0.15, -0.1) is 0 Å². The van der Waals surface area contributed by atoms with Crippen molar-refractivity contribution < 1.29 is 13.5 Å². The van der Waals surface area contributed by atoms with Crippen molar-refractivity contribution in [3.05, 3.63) is 27.1 Å². The van der Waals surface area contributed by atoms with Gasteiger partial charge >= 0.3 is 0 Å². The van der Waals surface area contributed by atoms with Gasteiger partial charge in [0.1, 0.15) is 5.69 Å². The maximum atomic E-state index is 12.3. The number of aryl methyl sites for hydroxylation is 1. The number of morpholine rings is 1. The summed E-state index contributed by atoms with van der Waals surface area (Å²) in [6.45, 7) is 2.68. The molecule has 1 aromatic rings. The quantitative estimate of drug-likeness (QED) is 0.732. The van der Waals surface area contributed by atoms with Crippen LogP contribution in [-0.2, 0) is 22.4 Å². The van der Waals surface area contributed by atoms with Crippen LogP contribution >= 0.6 is 15.9 Å². The Morgan fingerprint density at radius 2 is 2.11 bits per heavy atom. The van der Waals surface area contributed by atoms with E-state index in [1.807, 2.05) is 4.90 Å². The van der Waals surface area contributed by atoms with E-state index in [1.165, 1.54) is 4.57 Å². The summed E-state index contributed by atoms with van der Waals surface area (Å²) in [5.74, 6) is -0.0705. The molecule has 2 rings (SSSR count). The summed E-state index contributed by atoms with van der Waals surface area (Å²) in [6.07, 6.45) is 1.61. The topological polar surface area (TPSA) is 74.6 Å². The minimum atomic E-state index is -2.15. The fourth-order valence-electron chi connectivity index (χ4n) is 1.95. The van der Waals surface area contributed by atoms with Crippen molar-refractivity contribution in [2.24, 2.45) is 0 Å². The first-order chi connectivity index (χ1) is 9.08. The van der Waals surface area contributed by atoms with Crippen LogP contribution in [0.5, 0.6) is 0 Å². The molecule has 0 bridgehead atoms. The number of hydrogen-bond donors (Lipinski definition) is 0. The fraction of sp³-hybridized carbons (Fsp3) is 0.545. The SMILES string of the molecule is O=c1c(N2CCOCC2)cc(Br)cn1CCS(=O)[O-]. The lowest BCUT2D eigenvalue weighted by atomic mass is 10.3. The van der Waals surface area contributed by atoms with Gasteiger partial charge in [0.15, 0.2) is 0 Å². The molecule has 2 heterocycles. The van der Waals surface area contributed by atoms with E-state index in [9.17, 15) is 13.6 Å². The Morgan fingerprint density at radius 1 is 1.42 bits per heavy atom. The van der Waals surface area contributed by atoms with Crippen LogP contribution in [0.2, 0.25) is 0 Å². The molecule has 0 aliphatic carbocycles. The lowest BCUT2D eigenvalue weighted by Crippen LogP contribution is -2.40. The minimum absolute atomic E-state index is 0.0705. The zero-order chi connectivity index (χ0) is 13.8. The third-order valence-corrected chi connectivity index (χ3v) is 3.83. The van der Waals surface area contributed by atoms with Gasteiger partial charge in [0.25, 0.3) is 5.56 Å². The minimum Gasteiger partial charge on any atom is -0.772 e. The van der Waals surface area contributed by atoms with Gasteiger partial charge in [0, 0.05) is 36.1 Å². The number of halogens is 1. The van der Waals surface area contributed by atoms with Crippen molar-refractivity contribution >= 4 is 32.7 Å². The highest BCUT2D eigenvalue weighted by molar-refractivity contribution is 9.10. The van der Waals surface area contributed by atoms with Crippen LogP contribution in [0, 0.1) is 0 Å². The molecular weight excluding hydrogens is 336 g/mol. The lowest BCUT2D eigenvalue weighted by Gasteiger charge is -2.28. The first-order valence-electron chi connectivity index (χ1n) is 5.86. The Balaban J connectivity index is 2.27. The molecule has 8 heteroatoms. The molecule has 0 saturated carbocycles. The van der Waals surface area contributed by atoms with Crippen LogP contribution in [0.25, 0.3) is 0 Å². The molecule has 1 aromatic heterocycles. The summed E-state index contributed by atoms with van der Waals surface area (Å²) < 4.78 is 28.6. The molecule has 1 fully saturated rings. The van der Waals surface area contributed by atoms with Gasteiger partial charge in [-0.1, -0.05) is 11.1 Å². The van der Waals surface area contributed by atoms with Crippen molar-refractivity contribution in [2.75, 3.05) is 37.0 Å². The van der Waals surface area contributed by atoms with Gasteiger partial charge < -0.3 is 18.8 Å². The molecule has 1 aliphatic heterocycles. The molecule has 1 unspecified atom stereocenters. The summed E-state index contributed by atoms with van der Waals surface area (Å²) in [7, 11) is 0. The number of ether oxygens (including phenoxy) is 1. The third kappa shape index (κ3) is 3.88. The van der Waals surface area contributed by atoms with Gasteiger partial charge in [-0.2, -0.15) is 0 Å². The van der Waals surface area contributed by atoms with Gasteiger partial charge in [0.2, 0.25) is 0 Å². The largest absolute Gasteiger partial charge is 0.772 e.